The van der Waals surface area contributed by atoms with Gasteiger partial charge in [0.05, 0.1) is 11.7 Å². The van der Waals surface area contributed by atoms with Crippen molar-refractivity contribution in [2.45, 2.75) is 59.8 Å². The molecule has 0 saturated carbocycles. The zero-order chi connectivity index (χ0) is 27.5. The number of aromatic nitrogens is 4. The maximum atomic E-state index is 4.66. The molecule has 0 spiro atoms. The third-order valence-corrected chi connectivity index (χ3v) is 7.04. The number of fused-ring (bicyclic) bond motifs is 2. The molecule has 0 unspecified atom stereocenters. The van der Waals surface area contributed by atoms with Gasteiger partial charge in [0.2, 0.25) is 0 Å². The molecule has 1 fully saturated rings. The molecule has 0 amide bonds. The number of hydrogen-bond donors (Lipinski definition) is 1. The molecule has 0 bridgehead atoms. The predicted octanol–water partition coefficient (Wildman–Crippen LogP) is 7.74. The molecule has 1 N–H and O–H groups in total. The van der Waals surface area contributed by atoms with Gasteiger partial charge >= 0.3 is 0 Å². The number of nitrogens with zero attached hydrogens (tertiary/aromatic N) is 5. The zero-order valence-corrected chi connectivity index (χ0v) is 24.1. The Kier molecular flexibility index (Phi) is 11.2. The van der Waals surface area contributed by atoms with Gasteiger partial charge in [-0.05, 0) is 30.8 Å². The number of aromatic amines is 1. The van der Waals surface area contributed by atoms with E-state index in [0.29, 0.717) is 0 Å². The number of H-pyrrole nitrogens is 1. The standard InChI is InChI=1S/C23H24N6.C7H16.C2H6/c1-4-17-14-26-29-6-5-18(12-22(17)29)21-15-25-23-20(21)11-19(13-24-23)16(2)28-9-7-27(3)8-10-28;1-3-5-7-6-4-2;1-2/h4-6,11-15H,1-2,7-10H2,3H3,(H,24,25);3-7H2,1-2H3;1-2H3. The van der Waals surface area contributed by atoms with E-state index in [1.54, 1.807) is 0 Å². The van der Waals surface area contributed by atoms with Crippen LogP contribution in [0.5, 0.6) is 0 Å². The Morgan fingerprint density at radius 2 is 1.74 bits per heavy atom. The van der Waals surface area contributed by atoms with Crippen LogP contribution in [0.3, 0.4) is 0 Å². The molecule has 4 aromatic heterocycles. The van der Waals surface area contributed by atoms with Crippen LogP contribution in [0.15, 0.2) is 56.1 Å². The number of likely N-dealkylation sites (N-methyl/N-ethyl adjacent to an activating group) is 1. The minimum absolute atomic E-state index is 0.882. The van der Waals surface area contributed by atoms with Crippen molar-refractivity contribution in [3.63, 3.8) is 0 Å². The first kappa shape index (κ1) is 29.2. The van der Waals surface area contributed by atoms with E-state index in [1.165, 1.54) is 32.1 Å². The van der Waals surface area contributed by atoms with E-state index in [-0.39, 0.29) is 0 Å². The van der Waals surface area contributed by atoms with Crippen LogP contribution in [0.25, 0.3) is 39.5 Å². The molecule has 1 saturated heterocycles. The molecule has 38 heavy (non-hydrogen) atoms. The minimum Gasteiger partial charge on any atom is -0.369 e. The van der Waals surface area contributed by atoms with Gasteiger partial charge in [-0.3, -0.25) is 0 Å². The van der Waals surface area contributed by atoms with E-state index in [1.807, 2.05) is 49.2 Å². The fourth-order valence-corrected chi connectivity index (χ4v) is 4.66. The first-order valence-electron chi connectivity index (χ1n) is 14.3. The van der Waals surface area contributed by atoms with Gasteiger partial charge in [-0.2, -0.15) is 5.10 Å². The number of rotatable bonds is 8. The highest BCUT2D eigenvalue weighted by Gasteiger charge is 2.18. The van der Waals surface area contributed by atoms with Crippen molar-refractivity contribution < 1.29 is 0 Å². The number of unbranched alkanes of at least 4 members (excludes halogenated alkanes) is 4. The van der Waals surface area contributed by atoms with Gasteiger partial charge < -0.3 is 14.8 Å². The van der Waals surface area contributed by atoms with Gasteiger partial charge in [-0.1, -0.05) is 79.0 Å². The zero-order valence-electron chi connectivity index (χ0n) is 24.1. The van der Waals surface area contributed by atoms with Gasteiger partial charge in [0.25, 0.3) is 0 Å². The SMILES string of the molecule is C=Cc1cnn2ccc(-c3c[nH]c4ncc(C(=C)N5CCN(C)CC5)cc34)cc12.CC.CCCCCCC. The fourth-order valence-electron chi connectivity index (χ4n) is 4.66. The van der Waals surface area contributed by atoms with E-state index >= 15 is 0 Å². The molecular weight excluding hydrogens is 468 g/mol. The quantitative estimate of drug-likeness (QED) is 0.244. The summed E-state index contributed by atoms with van der Waals surface area (Å²) in [6, 6.07) is 6.43. The van der Waals surface area contributed by atoms with Crippen molar-refractivity contribution in [2.75, 3.05) is 33.2 Å². The lowest BCUT2D eigenvalue weighted by Crippen LogP contribution is -2.43. The Hall–Kier alpha value is -3.38. The van der Waals surface area contributed by atoms with Crippen molar-refractivity contribution in [3.05, 3.63) is 67.3 Å². The Labute approximate surface area is 229 Å². The van der Waals surface area contributed by atoms with E-state index in [0.717, 1.165) is 70.7 Å². The van der Waals surface area contributed by atoms with E-state index in [9.17, 15) is 0 Å². The van der Waals surface area contributed by atoms with Crippen molar-refractivity contribution in [2.24, 2.45) is 0 Å². The van der Waals surface area contributed by atoms with Crippen molar-refractivity contribution >= 4 is 28.3 Å². The normalized spacial score (nSPS) is 13.6. The van der Waals surface area contributed by atoms with E-state index < -0.39 is 0 Å². The lowest BCUT2D eigenvalue weighted by Gasteiger charge is -2.35. The topological polar surface area (TPSA) is 52.5 Å². The third-order valence-electron chi connectivity index (χ3n) is 7.04. The van der Waals surface area contributed by atoms with Crippen LogP contribution in [0.1, 0.15) is 70.9 Å². The highest BCUT2D eigenvalue weighted by molar-refractivity contribution is 5.96. The third kappa shape index (κ3) is 6.93. The molecule has 1 aliphatic heterocycles. The Morgan fingerprint density at radius 3 is 2.39 bits per heavy atom. The average molecular weight is 515 g/mol. The summed E-state index contributed by atoms with van der Waals surface area (Å²) >= 11 is 0. The van der Waals surface area contributed by atoms with Crippen molar-refractivity contribution in [1.29, 1.82) is 0 Å². The summed E-state index contributed by atoms with van der Waals surface area (Å²) in [7, 11) is 2.16. The summed E-state index contributed by atoms with van der Waals surface area (Å²) < 4.78 is 1.87. The second-order valence-corrected chi connectivity index (χ2v) is 9.67. The lowest BCUT2D eigenvalue weighted by atomic mass is 10.0. The summed E-state index contributed by atoms with van der Waals surface area (Å²) in [5.74, 6) is 0. The van der Waals surface area contributed by atoms with Crippen LogP contribution in [0.4, 0.5) is 0 Å². The molecule has 6 nitrogen and oxygen atoms in total. The van der Waals surface area contributed by atoms with Crippen LogP contribution in [-0.4, -0.2) is 62.6 Å². The van der Waals surface area contributed by atoms with Crippen molar-refractivity contribution in [3.8, 4) is 11.1 Å². The highest BCUT2D eigenvalue weighted by atomic mass is 15.2. The van der Waals surface area contributed by atoms with Crippen LogP contribution in [-0.2, 0) is 0 Å². The molecule has 0 aromatic carbocycles. The molecular formula is C32H46N6. The Bertz CT molecular complexity index is 1300. The summed E-state index contributed by atoms with van der Waals surface area (Å²) in [6.07, 6.45) is 16.6. The molecule has 4 aromatic rings. The summed E-state index contributed by atoms with van der Waals surface area (Å²) in [5, 5.41) is 5.47. The molecule has 204 valence electrons. The van der Waals surface area contributed by atoms with E-state index in [2.05, 4.69) is 77.1 Å². The first-order chi connectivity index (χ1) is 18.5. The van der Waals surface area contributed by atoms with Crippen LogP contribution in [0, 0.1) is 0 Å². The molecule has 6 heteroatoms. The molecule has 0 atom stereocenters. The van der Waals surface area contributed by atoms with Gasteiger partial charge in [0.15, 0.2) is 0 Å². The van der Waals surface area contributed by atoms with Gasteiger partial charge in [0, 0.05) is 72.5 Å². The number of hydrogen-bond acceptors (Lipinski definition) is 4. The largest absolute Gasteiger partial charge is 0.369 e. The van der Waals surface area contributed by atoms with E-state index in [4.69, 9.17) is 0 Å². The lowest BCUT2D eigenvalue weighted by molar-refractivity contribution is 0.207. The fraction of sp³-hybridized carbons (Fsp3) is 0.438. The maximum Gasteiger partial charge on any atom is 0.137 e. The molecule has 5 heterocycles. The molecule has 0 radical (unpaired) electrons. The van der Waals surface area contributed by atoms with Gasteiger partial charge in [-0.25, -0.2) is 9.50 Å². The Morgan fingerprint density at radius 1 is 1.03 bits per heavy atom. The second kappa shape index (κ2) is 14.5. The summed E-state index contributed by atoms with van der Waals surface area (Å²) in [4.78, 5) is 12.7. The summed E-state index contributed by atoms with van der Waals surface area (Å²) in [6.45, 7) is 20.8. The average Bonchev–Trinajstić information content (AvgIpc) is 3.58. The van der Waals surface area contributed by atoms with Crippen LogP contribution < -0.4 is 0 Å². The van der Waals surface area contributed by atoms with Gasteiger partial charge in [0.1, 0.15) is 5.65 Å². The molecule has 1 aliphatic rings. The van der Waals surface area contributed by atoms with Gasteiger partial charge in [-0.15, -0.1) is 0 Å². The minimum atomic E-state index is 0.882. The summed E-state index contributed by atoms with van der Waals surface area (Å²) in [5.41, 5.74) is 7.30. The second-order valence-electron chi connectivity index (χ2n) is 9.67. The molecule has 0 aliphatic carbocycles. The number of piperazine rings is 1. The smallest absolute Gasteiger partial charge is 0.137 e. The molecule has 5 rings (SSSR count). The Balaban J connectivity index is 0.000000389. The number of nitrogens with one attached hydrogen (secondary N) is 1. The van der Waals surface area contributed by atoms with Crippen LogP contribution >= 0.6 is 0 Å². The highest BCUT2D eigenvalue weighted by Crippen LogP contribution is 2.31. The van der Waals surface area contributed by atoms with Crippen LogP contribution in [0.2, 0.25) is 0 Å². The number of pyridine rings is 2. The van der Waals surface area contributed by atoms with Crippen molar-refractivity contribution in [1.82, 2.24) is 29.4 Å². The monoisotopic (exact) mass is 514 g/mol. The first-order valence-corrected chi connectivity index (χ1v) is 14.3. The maximum absolute atomic E-state index is 4.66. The predicted molar refractivity (Wildman–Crippen MR) is 164 cm³/mol.